The third kappa shape index (κ3) is 3.01. The minimum absolute atomic E-state index is 0.0186. The molecule has 16 heavy (non-hydrogen) atoms. The molecule has 1 rings (SSSR count). The maximum Gasteiger partial charge on any atom is 0.133 e. The molecule has 0 fully saturated rings. The molecule has 1 atom stereocenters. The van der Waals surface area contributed by atoms with Crippen LogP contribution in [0, 0.1) is 6.92 Å². The van der Waals surface area contributed by atoms with E-state index in [9.17, 15) is 0 Å². The molecule has 0 saturated carbocycles. The molecule has 3 nitrogen and oxygen atoms in total. The van der Waals surface area contributed by atoms with Gasteiger partial charge in [-0.15, -0.1) is 0 Å². The highest BCUT2D eigenvalue weighted by Crippen LogP contribution is 2.21. The number of rotatable bonds is 3. The van der Waals surface area contributed by atoms with Crippen LogP contribution in [0.2, 0.25) is 0 Å². The van der Waals surface area contributed by atoms with Gasteiger partial charge in [-0.2, -0.15) is 0 Å². The quantitative estimate of drug-likeness (QED) is 0.853. The normalized spacial score (nSPS) is 13.9. The molecular weight excluding hydrogens is 198 g/mol. The fourth-order valence-electron chi connectivity index (χ4n) is 1.68. The molecule has 1 unspecified atom stereocenters. The zero-order chi connectivity index (χ0) is 12.3. The fraction of sp³-hybridized carbons (Fsp3) is 0.692. The van der Waals surface area contributed by atoms with Crippen LogP contribution in [0.3, 0.4) is 0 Å². The van der Waals surface area contributed by atoms with Gasteiger partial charge in [-0.1, -0.05) is 27.7 Å². The second-order valence-electron chi connectivity index (χ2n) is 5.26. The van der Waals surface area contributed by atoms with Crippen LogP contribution >= 0.6 is 0 Å². The Hall–Kier alpha value is -0.960. The number of hydrogen-bond acceptors (Lipinski definition) is 3. The van der Waals surface area contributed by atoms with Gasteiger partial charge in [0.05, 0.1) is 0 Å². The summed E-state index contributed by atoms with van der Waals surface area (Å²) in [4.78, 5) is 9.06. The van der Waals surface area contributed by atoms with Gasteiger partial charge in [0.25, 0.3) is 0 Å². The molecule has 0 spiro atoms. The lowest BCUT2D eigenvalue weighted by molar-refractivity contribution is 0.533. The lowest BCUT2D eigenvalue weighted by Crippen LogP contribution is -2.22. The Kier molecular flexibility index (Phi) is 4.03. The van der Waals surface area contributed by atoms with Crippen LogP contribution < -0.4 is 5.32 Å². The Morgan fingerprint density at radius 3 is 2.44 bits per heavy atom. The topological polar surface area (TPSA) is 37.8 Å². The molecule has 1 heterocycles. The van der Waals surface area contributed by atoms with Gasteiger partial charge in [0.15, 0.2) is 0 Å². The highest BCUT2D eigenvalue weighted by atomic mass is 14.9. The van der Waals surface area contributed by atoms with E-state index < -0.39 is 0 Å². The number of hydrogen-bond donors (Lipinski definition) is 1. The van der Waals surface area contributed by atoms with E-state index in [-0.39, 0.29) is 5.41 Å². The Morgan fingerprint density at radius 1 is 1.38 bits per heavy atom. The second-order valence-corrected chi connectivity index (χ2v) is 5.26. The average Bonchev–Trinajstić information content (AvgIpc) is 2.16. The summed E-state index contributed by atoms with van der Waals surface area (Å²) in [5.74, 6) is 0.914. The molecule has 0 aromatic carbocycles. The van der Waals surface area contributed by atoms with Gasteiger partial charge >= 0.3 is 0 Å². The van der Waals surface area contributed by atoms with Crippen LogP contribution in [0.15, 0.2) is 6.20 Å². The van der Waals surface area contributed by atoms with Crippen molar-refractivity contribution < 1.29 is 0 Å². The van der Waals surface area contributed by atoms with Crippen molar-refractivity contribution in [2.45, 2.75) is 53.0 Å². The van der Waals surface area contributed by atoms with E-state index in [0.29, 0.717) is 6.04 Å². The molecule has 0 saturated heterocycles. The van der Waals surface area contributed by atoms with Crippen LogP contribution in [0.5, 0.6) is 0 Å². The summed E-state index contributed by atoms with van der Waals surface area (Å²) in [6.45, 7) is 13.7. The molecule has 0 radical (unpaired) electrons. The van der Waals surface area contributed by atoms with Crippen LogP contribution in [-0.4, -0.2) is 16.5 Å². The van der Waals surface area contributed by atoms with Gasteiger partial charge in [-0.3, -0.25) is 0 Å². The first kappa shape index (κ1) is 13.1. The zero-order valence-electron chi connectivity index (χ0n) is 11.3. The molecule has 0 bridgehead atoms. The highest BCUT2D eigenvalue weighted by molar-refractivity contribution is 5.21. The lowest BCUT2D eigenvalue weighted by atomic mass is 9.95. The first-order chi connectivity index (χ1) is 7.36. The van der Waals surface area contributed by atoms with E-state index in [2.05, 4.69) is 56.8 Å². The molecule has 90 valence electrons. The Balaban J connectivity index is 3.00. The molecule has 3 heteroatoms. The predicted molar refractivity (Wildman–Crippen MR) is 67.6 cm³/mol. The Labute approximate surface area is 98.7 Å². The molecule has 0 amide bonds. The maximum absolute atomic E-state index is 4.60. The van der Waals surface area contributed by atoms with Gasteiger partial charge in [0.1, 0.15) is 5.82 Å². The second kappa shape index (κ2) is 4.91. The summed E-state index contributed by atoms with van der Waals surface area (Å²) in [6, 6.07) is 0.319. The first-order valence-electron chi connectivity index (χ1n) is 5.93. The average molecular weight is 221 g/mol. The first-order valence-corrected chi connectivity index (χ1v) is 5.93. The summed E-state index contributed by atoms with van der Waals surface area (Å²) in [7, 11) is 0. The Bertz CT molecular complexity index is 353. The molecule has 0 aliphatic rings. The fourth-order valence-corrected chi connectivity index (χ4v) is 1.68. The number of nitrogens with one attached hydrogen (secondary N) is 1. The van der Waals surface area contributed by atoms with Crippen LogP contribution in [-0.2, 0) is 5.41 Å². The number of nitrogens with zero attached hydrogens (tertiary/aromatic N) is 2. The van der Waals surface area contributed by atoms with Crippen LogP contribution in [0.25, 0.3) is 0 Å². The van der Waals surface area contributed by atoms with Crippen LogP contribution in [0.4, 0.5) is 0 Å². The molecule has 0 aliphatic heterocycles. The summed E-state index contributed by atoms with van der Waals surface area (Å²) in [5.41, 5.74) is 2.29. The summed E-state index contributed by atoms with van der Waals surface area (Å²) in [6.07, 6.45) is 1.95. The smallest absolute Gasteiger partial charge is 0.133 e. The molecule has 0 aliphatic carbocycles. The summed E-state index contributed by atoms with van der Waals surface area (Å²) < 4.78 is 0. The van der Waals surface area contributed by atoms with Crippen LogP contribution in [0.1, 0.15) is 57.7 Å². The SMILES string of the molecule is CCNC(C)c1cnc(C(C)(C)C)nc1C. The van der Waals surface area contributed by atoms with Crippen molar-refractivity contribution in [1.82, 2.24) is 15.3 Å². The van der Waals surface area contributed by atoms with Crippen molar-refractivity contribution in [3.63, 3.8) is 0 Å². The van der Waals surface area contributed by atoms with Crippen molar-refractivity contribution in [1.29, 1.82) is 0 Å². The van der Waals surface area contributed by atoms with E-state index >= 15 is 0 Å². The van der Waals surface area contributed by atoms with Gasteiger partial charge in [0.2, 0.25) is 0 Å². The lowest BCUT2D eigenvalue weighted by Gasteiger charge is -2.20. The minimum atomic E-state index is 0.0186. The molecular formula is C13H23N3. The molecule has 1 aromatic rings. The Morgan fingerprint density at radius 2 is 2.00 bits per heavy atom. The van der Waals surface area contributed by atoms with Gasteiger partial charge in [-0.05, 0) is 20.4 Å². The van der Waals surface area contributed by atoms with E-state index in [1.165, 1.54) is 5.56 Å². The summed E-state index contributed by atoms with van der Waals surface area (Å²) >= 11 is 0. The van der Waals surface area contributed by atoms with Gasteiger partial charge in [-0.25, -0.2) is 9.97 Å². The van der Waals surface area contributed by atoms with Crippen molar-refractivity contribution in [2.75, 3.05) is 6.54 Å². The van der Waals surface area contributed by atoms with Crippen molar-refractivity contribution in [3.8, 4) is 0 Å². The third-order valence-corrected chi connectivity index (χ3v) is 2.66. The monoisotopic (exact) mass is 221 g/mol. The van der Waals surface area contributed by atoms with E-state index in [4.69, 9.17) is 0 Å². The van der Waals surface area contributed by atoms with Crippen molar-refractivity contribution in [3.05, 3.63) is 23.3 Å². The summed E-state index contributed by atoms with van der Waals surface area (Å²) in [5, 5.41) is 3.38. The number of aromatic nitrogens is 2. The van der Waals surface area contributed by atoms with E-state index in [1.807, 2.05) is 6.20 Å². The van der Waals surface area contributed by atoms with E-state index in [1.54, 1.807) is 0 Å². The predicted octanol–water partition coefficient (Wildman–Crippen LogP) is 2.75. The third-order valence-electron chi connectivity index (χ3n) is 2.66. The highest BCUT2D eigenvalue weighted by Gasteiger charge is 2.19. The minimum Gasteiger partial charge on any atom is -0.310 e. The maximum atomic E-state index is 4.60. The van der Waals surface area contributed by atoms with Gasteiger partial charge < -0.3 is 5.32 Å². The van der Waals surface area contributed by atoms with Gasteiger partial charge in [0, 0.05) is 28.9 Å². The standard InChI is InChI=1S/C13H23N3/c1-7-14-9(2)11-8-15-12(13(4,5)6)16-10(11)3/h8-9,14H,7H2,1-6H3. The molecule has 1 N–H and O–H groups in total. The zero-order valence-corrected chi connectivity index (χ0v) is 11.3. The molecule has 1 aromatic heterocycles. The largest absolute Gasteiger partial charge is 0.310 e. The van der Waals surface area contributed by atoms with Crippen molar-refractivity contribution in [2.24, 2.45) is 0 Å². The van der Waals surface area contributed by atoms with E-state index in [0.717, 1.165) is 18.1 Å². The number of aryl methyl sites for hydroxylation is 1. The van der Waals surface area contributed by atoms with Crippen molar-refractivity contribution >= 4 is 0 Å².